The summed E-state index contributed by atoms with van der Waals surface area (Å²) in [4.78, 5) is 47.5. The van der Waals surface area contributed by atoms with E-state index >= 15 is 0 Å². The summed E-state index contributed by atoms with van der Waals surface area (Å²) < 4.78 is 20.4. The Bertz CT molecular complexity index is 887. The lowest BCUT2D eigenvalue weighted by atomic mass is 10.1. The van der Waals surface area contributed by atoms with E-state index in [-0.39, 0.29) is 39.3 Å². The second-order valence-electron chi connectivity index (χ2n) is 11.8. The molecule has 3 aliphatic carbocycles. The van der Waals surface area contributed by atoms with E-state index in [9.17, 15) is 19.2 Å². The van der Waals surface area contributed by atoms with Crippen LogP contribution >= 0.6 is 0 Å². The molecule has 2 amide bonds. The molecule has 3 rings (SSSR count). The van der Waals surface area contributed by atoms with Crippen LogP contribution in [0.25, 0.3) is 0 Å². The summed E-state index contributed by atoms with van der Waals surface area (Å²) in [7, 11) is 0. The van der Waals surface area contributed by atoms with Gasteiger partial charge < -0.3 is 29.6 Å². The normalized spacial score (nSPS) is 26.5. The summed E-state index contributed by atoms with van der Waals surface area (Å²) >= 11 is 0. The van der Waals surface area contributed by atoms with Crippen LogP contribution in [0.3, 0.4) is 0 Å². The molecule has 3 aliphatic rings. The van der Waals surface area contributed by atoms with Gasteiger partial charge in [-0.05, 0) is 92.9 Å². The lowest BCUT2D eigenvalue weighted by Crippen LogP contribution is -2.48. The molecule has 0 heterocycles. The Balaban J connectivity index is 0.000000706. The molecule has 2 N–H and O–H groups in total. The number of hydrogen-bond donors (Lipinski definition) is 2. The van der Waals surface area contributed by atoms with Crippen molar-refractivity contribution in [3.05, 3.63) is 12.7 Å². The van der Waals surface area contributed by atoms with Gasteiger partial charge in [0.25, 0.3) is 0 Å². The highest BCUT2D eigenvalue weighted by Gasteiger charge is 2.67. The van der Waals surface area contributed by atoms with Gasteiger partial charge in [0.2, 0.25) is 0 Å². The molecule has 3 saturated carbocycles. The van der Waals surface area contributed by atoms with Crippen LogP contribution in [0.4, 0.5) is 9.59 Å². The second kappa shape index (κ2) is 13.5. The van der Waals surface area contributed by atoms with E-state index in [4.69, 9.17) is 18.9 Å². The predicted octanol–water partition coefficient (Wildman–Crippen LogP) is 5.53. The van der Waals surface area contributed by atoms with Crippen LogP contribution in [0.5, 0.6) is 0 Å². The third kappa shape index (κ3) is 10.0. The van der Waals surface area contributed by atoms with Crippen LogP contribution < -0.4 is 10.6 Å². The van der Waals surface area contributed by atoms with Gasteiger partial charge in [-0.2, -0.15) is 0 Å². The molecule has 4 atom stereocenters. The predicted molar refractivity (Wildman–Crippen MR) is 150 cm³/mol. The molecule has 10 nitrogen and oxygen atoms in total. The standard InChI is InChI=1S/C14H23NO4.C13H21NO4.2CH4/c1-5-18-11(16)14(8-10(14)9-6-7-9)15-12(17)19-13(2,3)4;1-6-9-8-13(9,10(15)17-7-2)14-11(16)18-12(3,4)5;;/h9-10H,5-8H2,1-4H3,(H,15,17);6,9H,1,7-8H2,2-5H3,(H,14,16);2*1H4/t10-,14+;9-,13-;;/m01../s1. The molecule has 0 aromatic carbocycles. The van der Waals surface area contributed by atoms with Gasteiger partial charge in [-0.3, -0.25) is 0 Å². The minimum absolute atomic E-state index is 0. The number of rotatable bonds is 8. The van der Waals surface area contributed by atoms with E-state index in [0.717, 1.165) is 12.8 Å². The Morgan fingerprint density at radius 3 is 1.54 bits per heavy atom. The molecular weight excluding hydrogens is 504 g/mol. The fourth-order valence-corrected chi connectivity index (χ4v) is 4.28. The highest BCUT2D eigenvalue weighted by molar-refractivity contribution is 5.90. The van der Waals surface area contributed by atoms with Gasteiger partial charge in [-0.25, -0.2) is 19.2 Å². The summed E-state index contributed by atoms with van der Waals surface area (Å²) in [6.45, 7) is 18.4. The zero-order valence-electron chi connectivity index (χ0n) is 23.5. The molecule has 0 radical (unpaired) electrons. The topological polar surface area (TPSA) is 129 Å². The molecule has 0 aromatic rings. The molecule has 3 fully saturated rings. The van der Waals surface area contributed by atoms with E-state index in [0.29, 0.717) is 25.4 Å². The van der Waals surface area contributed by atoms with Crippen LogP contribution in [0.1, 0.15) is 95.9 Å². The average molecular weight is 557 g/mol. The van der Waals surface area contributed by atoms with Gasteiger partial charge in [0, 0.05) is 5.92 Å². The number of hydrogen-bond acceptors (Lipinski definition) is 8. The summed E-state index contributed by atoms with van der Waals surface area (Å²) in [5.41, 5.74) is -2.98. The summed E-state index contributed by atoms with van der Waals surface area (Å²) in [6, 6.07) is 0. The van der Waals surface area contributed by atoms with Gasteiger partial charge in [0.1, 0.15) is 22.3 Å². The third-order valence-corrected chi connectivity index (χ3v) is 6.23. The molecule has 10 heteroatoms. The first-order chi connectivity index (χ1) is 17.0. The quantitative estimate of drug-likeness (QED) is 0.227. The highest BCUT2D eigenvalue weighted by Crippen LogP contribution is 2.57. The van der Waals surface area contributed by atoms with Gasteiger partial charge >= 0.3 is 24.1 Å². The first-order valence-corrected chi connectivity index (χ1v) is 13.0. The molecule has 0 aliphatic heterocycles. The first-order valence-electron chi connectivity index (χ1n) is 13.0. The van der Waals surface area contributed by atoms with Crippen molar-refractivity contribution in [2.75, 3.05) is 13.2 Å². The Morgan fingerprint density at radius 2 is 1.21 bits per heavy atom. The first kappa shape index (κ1) is 36.2. The monoisotopic (exact) mass is 556 g/mol. The third-order valence-electron chi connectivity index (χ3n) is 6.23. The Kier molecular flexibility index (Phi) is 12.6. The Hall–Kier alpha value is -2.78. The summed E-state index contributed by atoms with van der Waals surface area (Å²) in [5.74, 6) is -0.0685. The van der Waals surface area contributed by atoms with Crippen LogP contribution in [-0.4, -0.2) is 59.6 Å². The van der Waals surface area contributed by atoms with Gasteiger partial charge in [0.05, 0.1) is 13.2 Å². The summed E-state index contributed by atoms with van der Waals surface area (Å²) in [6.07, 6.45) is 3.96. The van der Waals surface area contributed by atoms with E-state index in [2.05, 4.69) is 17.2 Å². The second-order valence-corrected chi connectivity index (χ2v) is 11.8. The lowest BCUT2D eigenvalue weighted by Gasteiger charge is -2.23. The maximum absolute atomic E-state index is 12.1. The molecular formula is C29H52N2O8. The molecule has 226 valence electrons. The number of amides is 2. The van der Waals surface area contributed by atoms with Gasteiger partial charge in [0.15, 0.2) is 0 Å². The lowest BCUT2D eigenvalue weighted by molar-refractivity contribution is -0.148. The van der Waals surface area contributed by atoms with Gasteiger partial charge in [-0.1, -0.05) is 20.9 Å². The van der Waals surface area contributed by atoms with Crippen LogP contribution in [0.15, 0.2) is 12.7 Å². The van der Waals surface area contributed by atoms with Crippen molar-refractivity contribution >= 4 is 24.1 Å². The van der Waals surface area contributed by atoms with Gasteiger partial charge in [-0.15, -0.1) is 6.58 Å². The SMILES string of the molecule is C.C.C=C[C@@H]1C[C@]1(NC(=O)OC(C)(C)C)C(=O)OCC.CCOC(=O)[C@@]1(NC(=O)OC(C)(C)C)C[C@H]1C1CC1. The largest absolute Gasteiger partial charge is 0.464 e. The fourth-order valence-electron chi connectivity index (χ4n) is 4.28. The van der Waals surface area contributed by atoms with Crippen molar-refractivity contribution in [2.24, 2.45) is 17.8 Å². The number of alkyl carbamates (subject to hydrolysis) is 2. The van der Waals surface area contributed by atoms with Crippen LogP contribution in [-0.2, 0) is 28.5 Å². The van der Waals surface area contributed by atoms with E-state index in [1.807, 2.05) is 0 Å². The minimum Gasteiger partial charge on any atom is -0.464 e. The van der Waals surface area contributed by atoms with Crippen molar-refractivity contribution in [3.63, 3.8) is 0 Å². The maximum atomic E-state index is 12.1. The number of carbonyl (C=O) groups is 4. The minimum atomic E-state index is -0.986. The van der Waals surface area contributed by atoms with E-state index < -0.39 is 40.4 Å². The molecule has 39 heavy (non-hydrogen) atoms. The highest BCUT2D eigenvalue weighted by atomic mass is 16.6. The van der Waals surface area contributed by atoms with E-state index in [1.165, 1.54) is 0 Å². The number of nitrogens with one attached hydrogen (secondary N) is 2. The number of carbonyl (C=O) groups excluding carboxylic acids is 4. The fraction of sp³-hybridized carbons (Fsp3) is 0.793. The smallest absolute Gasteiger partial charge is 0.408 e. The van der Waals surface area contributed by atoms with E-state index in [1.54, 1.807) is 61.5 Å². The van der Waals surface area contributed by atoms with Crippen molar-refractivity contribution in [1.82, 2.24) is 10.6 Å². The molecule has 0 saturated heterocycles. The molecule has 0 aromatic heterocycles. The molecule has 0 bridgehead atoms. The van der Waals surface area contributed by atoms with Crippen LogP contribution in [0, 0.1) is 17.8 Å². The zero-order valence-corrected chi connectivity index (χ0v) is 23.5. The average Bonchev–Trinajstić information content (AvgIpc) is 3.60. The maximum Gasteiger partial charge on any atom is 0.408 e. The van der Waals surface area contributed by atoms with Crippen molar-refractivity contribution in [1.29, 1.82) is 0 Å². The number of esters is 2. The van der Waals surface area contributed by atoms with Crippen molar-refractivity contribution < 1.29 is 38.1 Å². The zero-order chi connectivity index (χ0) is 28.2. The summed E-state index contributed by atoms with van der Waals surface area (Å²) in [5, 5.41) is 5.35. The Labute approximate surface area is 234 Å². The van der Waals surface area contributed by atoms with Crippen molar-refractivity contribution in [3.8, 4) is 0 Å². The number of ether oxygens (including phenoxy) is 4. The molecule has 0 spiro atoms. The van der Waals surface area contributed by atoms with Crippen LogP contribution in [0.2, 0.25) is 0 Å². The molecule has 0 unspecified atom stereocenters. The Morgan fingerprint density at radius 1 is 0.795 bits per heavy atom. The van der Waals surface area contributed by atoms with Crippen molar-refractivity contribution in [2.45, 2.75) is 118 Å².